The summed E-state index contributed by atoms with van der Waals surface area (Å²) in [6.07, 6.45) is 4.04. The summed E-state index contributed by atoms with van der Waals surface area (Å²) < 4.78 is 47.3. The summed E-state index contributed by atoms with van der Waals surface area (Å²) in [6, 6.07) is 6.83. The highest BCUT2D eigenvalue weighted by atomic mass is 35.5. The third kappa shape index (κ3) is 8.30. The van der Waals surface area contributed by atoms with Gasteiger partial charge < -0.3 is 24.2 Å². The fraction of sp³-hybridized carbons (Fsp3) is 0.308. The van der Waals surface area contributed by atoms with Crippen LogP contribution in [-0.2, 0) is 20.7 Å². The molecule has 2 heterocycles. The monoisotopic (exact) mass is 616 g/mol. The second kappa shape index (κ2) is 13.3. The van der Waals surface area contributed by atoms with E-state index >= 15 is 0 Å². The number of hydrogen-bond donors (Lipinski definition) is 0. The van der Waals surface area contributed by atoms with Crippen LogP contribution in [-0.4, -0.2) is 36.7 Å². The third-order valence-corrected chi connectivity index (χ3v) is 6.61. The van der Waals surface area contributed by atoms with Crippen LogP contribution >= 0.6 is 34.8 Å². The predicted molar refractivity (Wildman–Crippen MR) is 139 cm³/mol. The van der Waals surface area contributed by atoms with Crippen molar-refractivity contribution < 1.29 is 42.0 Å². The van der Waals surface area contributed by atoms with Gasteiger partial charge in [-0.05, 0) is 48.6 Å². The number of ether oxygens (including phenoxy) is 4. The van der Waals surface area contributed by atoms with E-state index in [4.69, 9.17) is 49.0 Å². The Kier molecular flexibility index (Phi) is 9.83. The van der Waals surface area contributed by atoms with Gasteiger partial charge in [-0.2, -0.15) is 13.5 Å². The van der Waals surface area contributed by atoms with Gasteiger partial charge in [0.1, 0.15) is 21.3 Å². The molecule has 0 bridgehead atoms. The lowest BCUT2D eigenvalue weighted by Gasteiger charge is -2.21. The Balaban J connectivity index is 1.57. The second-order valence-corrected chi connectivity index (χ2v) is 9.96. The van der Waals surface area contributed by atoms with Crippen molar-refractivity contribution in [3.63, 3.8) is 0 Å². The highest BCUT2D eigenvalue weighted by Gasteiger charge is 2.27. The molecule has 1 aromatic carbocycles. The summed E-state index contributed by atoms with van der Waals surface area (Å²) in [5.74, 6) is -1.64. The number of esters is 2. The van der Waals surface area contributed by atoms with Crippen molar-refractivity contribution in [3.8, 4) is 11.5 Å². The average molecular weight is 618 g/mol. The minimum atomic E-state index is -3.09. The second-order valence-electron chi connectivity index (χ2n) is 8.76. The summed E-state index contributed by atoms with van der Waals surface area (Å²) in [4.78, 5) is 28.8. The van der Waals surface area contributed by atoms with Crippen molar-refractivity contribution >= 4 is 46.7 Å². The number of pyridine rings is 2. The Morgan fingerprint density at radius 3 is 2.42 bits per heavy atom. The fourth-order valence-electron chi connectivity index (χ4n) is 3.56. The molecule has 0 N–H and O–H groups in total. The molecule has 14 heteroatoms. The van der Waals surface area contributed by atoms with E-state index < -0.39 is 31.3 Å². The zero-order valence-corrected chi connectivity index (χ0v) is 22.8. The van der Waals surface area contributed by atoms with Crippen LogP contribution in [0.2, 0.25) is 15.2 Å². The SMILES string of the molecule is O=C(COC(=O)c1ccc(Cl)nc1)O[C@@H](Cc1c(Cl)c[n+]([O-])cc1Cl)c1ccc(OC(F)F)c(OCC2CC2)c1. The molecule has 212 valence electrons. The number of aromatic nitrogens is 2. The lowest BCUT2D eigenvalue weighted by Crippen LogP contribution is -2.26. The van der Waals surface area contributed by atoms with Crippen molar-refractivity contribution in [2.24, 2.45) is 5.92 Å². The topological polar surface area (TPSA) is 111 Å². The minimum Gasteiger partial charge on any atom is -0.619 e. The van der Waals surface area contributed by atoms with Gasteiger partial charge in [-0.3, -0.25) is 0 Å². The van der Waals surface area contributed by atoms with Gasteiger partial charge in [0.25, 0.3) is 0 Å². The number of carbonyl (C=O) groups is 2. The number of halogens is 5. The van der Waals surface area contributed by atoms with Crippen molar-refractivity contribution in [2.75, 3.05) is 13.2 Å². The van der Waals surface area contributed by atoms with E-state index in [0.717, 1.165) is 25.2 Å². The number of alkyl halides is 2. The summed E-state index contributed by atoms with van der Waals surface area (Å²) in [7, 11) is 0. The molecule has 1 atom stereocenters. The number of rotatable bonds is 12. The van der Waals surface area contributed by atoms with Gasteiger partial charge in [-0.25, -0.2) is 14.6 Å². The van der Waals surface area contributed by atoms with Crippen LogP contribution in [0.5, 0.6) is 11.5 Å². The van der Waals surface area contributed by atoms with Crippen LogP contribution in [0.25, 0.3) is 0 Å². The van der Waals surface area contributed by atoms with Gasteiger partial charge in [-0.1, -0.05) is 40.9 Å². The number of nitrogens with zero attached hydrogens (tertiary/aromatic N) is 2. The molecule has 1 aliphatic carbocycles. The maximum Gasteiger partial charge on any atom is 0.387 e. The molecule has 2 aromatic heterocycles. The molecular formula is C26H21Cl3F2N2O7. The first-order chi connectivity index (χ1) is 19.1. The van der Waals surface area contributed by atoms with Gasteiger partial charge >= 0.3 is 18.6 Å². The Bertz CT molecular complexity index is 1350. The van der Waals surface area contributed by atoms with Crippen molar-refractivity contribution in [3.05, 3.63) is 86.0 Å². The molecule has 0 aliphatic heterocycles. The first-order valence-electron chi connectivity index (χ1n) is 11.9. The molecule has 0 amide bonds. The van der Waals surface area contributed by atoms with Gasteiger partial charge in [0.05, 0.1) is 12.2 Å². The summed E-state index contributed by atoms with van der Waals surface area (Å²) in [5, 5.41) is 11.9. The van der Waals surface area contributed by atoms with E-state index in [1.54, 1.807) is 0 Å². The van der Waals surface area contributed by atoms with E-state index in [0.29, 0.717) is 22.8 Å². The largest absolute Gasteiger partial charge is 0.619 e. The van der Waals surface area contributed by atoms with Gasteiger partial charge in [0.15, 0.2) is 30.5 Å². The number of hydrogen-bond acceptors (Lipinski definition) is 8. The van der Waals surface area contributed by atoms with Crippen molar-refractivity contribution in [1.82, 2.24) is 4.98 Å². The quantitative estimate of drug-likeness (QED) is 0.109. The maximum absolute atomic E-state index is 13.0. The van der Waals surface area contributed by atoms with E-state index in [1.165, 1.54) is 36.5 Å². The van der Waals surface area contributed by atoms with E-state index in [9.17, 15) is 23.6 Å². The summed E-state index contributed by atoms with van der Waals surface area (Å²) in [5.41, 5.74) is 0.667. The Hall–Kier alpha value is -3.41. The lowest BCUT2D eigenvalue weighted by atomic mass is 10.0. The maximum atomic E-state index is 13.0. The van der Waals surface area contributed by atoms with Gasteiger partial charge in [-0.15, -0.1) is 0 Å². The van der Waals surface area contributed by atoms with Crippen LogP contribution in [0.4, 0.5) is 8.78 Å². The van der Waals surface area contributed by atoms with Crippen LogP contribution in [0.1, 0.15) is 40.4 Å². The molecule has 0 unspecified atom stereocenters. The molecule has 3 aromatic rings. The zero-order chi connectivity index (χ0) is 28.8. The predicted octanol–water partition coefficient (Wildman–Crippen LogP) is 5.75. The first kappa shape index (κ1) is 29.6. The Morgan fingerprint density at radius 2 is 1.80 bits per heavy atom. The molecule has 0 saturated heterocycles. The molecule has 1 aliphatic rings. The van der Waals surface area contributed by atoms with Crippen LogP contribution in [0.3, 0.4) is 0 Å². The van der Waals surface area contributed by atoms with Crippen molar-refractivity contribution in [1.29, 1.82) is 0 Å². The average Bonchev–Trinajstić information content (AvgIpc) is 3.73. The summed E-state index contributed by atoms with van der Waals surface area (Å²) >= 11 is 18.2. The summed E-state index contributed by atoms with van der Waals surface area (Å²) in [6.45, 7) is -3.55. The van der Waals surface area contributed by atoms with Gasteiger partial charge in [0.2, 0.25) is 0 Å². The molecule has 1 saturated carbocycles. The van der Waals surface area contributed by atoms with Crippen LogP contribution in [0.15, 0.2) is 48.9 Å². The molecule has 4 rings (SSSR count). The van der Waals surface area contributed by atoms with E-state index in [-0.39, 0.29) is 44.2 Å². The van der Waals surface area contributed by atoms with E-state index in [1.807, 2.05) is 0 Å². The molecular weight excluding hydrogens is 597 g/mol. The molecule has 0 spiro atoms. The normalized spacial score (nSPS) is 13.6. The van der Waals surface area contributed by atoms with Crippen LogP contribution < -0.4 is 14.2 Å². The Morgan fingerprint density at radius 1 is 1.07 bits per heavy atom. The minimum absolute atomic E-state index is 0.00748. The smallest absolute Gasteiger partial charge is 0.387 e. The molecule has 0 radical (unpaired) electrons. The van der Waals surface area contributed by atoms with Gasteiger partial charge in [0, 0.05) is 18.2 Å². The lowest BCUT2D eigenvalue weighted by molar-refractivity contribution is -0.605. The third-order valence-electron chi connectivity index (χ3n) is 5.73. The zero-order valence-electron chi connectivity index (χ0n) is 20.5. The molecule has 9 nitrogen and oxygen atoms in total. The van der Waals surface area contributed by atoms with E-state index in [2.05, 4.69) is 9.72 Å². The number of benzene rings is 1. The molecule has 1 fully saturated rings. The standard InChI is InChI=1S/C26H21Cl3F2N2O7/c27-18-10-33(36)11-19(28)17(18)8-21(39-24(34)13-38-25(35)16-4-6-23(29)32-9-16)15-3-5-20(40-26(30)31)22(7-15)37-12-14-1-2-14/h3-7,9-11,14,21,26H,1-2,8,12-13H2/t21-/m0/s1. The van der Waals surface area contributed by atoms with Crippen molar-refractivity contribution in [2.45, 2.75) is 32.0 Å². The highest BCUT2D eigenvalue weighted by Crippen LogP contribution is 2.37. The first-order valence-corrected chi connectivity index (χ1v) is 13.0. The highest BCUT2D eigenvalue weighted by molar-refractivity contribution is 6.35. The molecule has 40 heavy (non-hydrogen) atoms. The number of carbonyl (C=O) groups excluding carboxylic acids is 2. The Labute approximate surface area is 242 Å². The fourth-order valence-corrected chi connectivity index (χ4v) is 4.27. The van der Waals surface area contributed by atoms with Crippen LogP contribution in [0, 0.1) is 11.1 Å².